The van der Waals surface area contributed by atoms with Crippen molar-refractivity contribution in [3.8, 4) is 5.75 Å². The van der Waals surface area contributed by atoms with Crippen molar-refractivity contribution in [2.45, 2.75) is 13.3 Å². The summed E-state index contributed by atoms with van der Waals surface area (Å²) >= 11 is 0. The maximum absolute atomic E-state index is 13.4. The van der Waals surface area contributed by atoms with Gasteiger partial charge in [-0.05, 0) is 37.6 Å². The van der Waals surface area contributed by atoms with E-state index >= 15 is 0 Å². The zero-order valence-corrected chi connectivity index (χ0v) is 9.50. The predicted molar refractivity (Wildman–Crippen MR) is 61.2 cm³/mol. The Labute approximate surface area is 95.2 Å². The first-order valence-electron chi connectivity index (χ1n) is 5.50. The Morgan fingerprint density at radius 1 is 1.38 bits per heavy atom. The molecular weight excluding hydrogens is 209 g/mol. The quantitative estimate of drug-likeness (QED) is 0.691. The van der Waals surface area contributed by atoms with E-state index in [-0.39, 0.29) is 12.4 Å². The highest BCUT2D eigenvalue weighted by Crippen LogP contribution is 2.18. The van der Waals surface area contributed by atoms with E-state index in [2.05, 4.69) is 5.32 Å². The Balaban J connectivity index is 2.46. The molecule has 16 heavy (non-hydrogen) atoms. The van der Waals surface area contributed by atoms with E-state index in [9.17, 15) is 4.39 Å². The molecule has 0 saturated heterocycles. The molecule has 1 aromatic carbocycles. The van der Waals surface area contributed by atoms with Crippen molar-refractivity contribution < 1.29 is 14.2 Å². The molecule has 0 spiro atoms. The van der Waals surface area contributed by atoms with Crippen LogP contribution in [0.25, 0.3) is 0 Å². The van der Waals surface area contributed by atoms with Crippen LogP contribution in [-0.4, -0.2) is 31.4 Å². The summed E-state index contributed by atoms with van der Waals surface area (Å²) in [6, 6.07) is 5.00. The van der Waals surface area contributed by atoms with Crippen LogP contribution in [0.5, 0.6) is 5.75 Å². The number of hydrogen-bond acceptors (Lipinski definition) is 3. The fourth-order valence-electron chi connectivity index (χ4n) is 1.41. The zero-order chi connectivity index (χ0) is 11.8. The highest BCUT2D eigenvalue weighted by atomic mass is 19.1. The van der Waals surface area contributed by atoms with E-state index in [0.717, 1.165) is 18.5 Å². The van der Waals surface area contributed by atoms with Crippen molar-refractivity contribution in [3.05, 3.63) is 29.6 Å². The molecule has 0 aliphatic heterocycles. The molecule has 1 rings (SSSR count). The SMILES string of the molecule is CCOc1ccc(CCNCCO)cc1F. The van der Waals surface area contributed by atoms with Gasteiger partial charge in [-0.2, -0.15) is 0 Å². The zero-order valence-electron chi connectivity index (χ0n) is 9.50. The van der Waals surface area contributed by atoms with Crippen molar-refractivity contribution in [1.29, 1.82) is 0 Å². The van der Waals surface area contributed by atoms with E-state index in [4.69, 9.17) is 9.84 Å². The number of aliphatic hydroxyl groups excluding tert-OH is 1. The van der Waals surface area contributed by atoms with Gasteiger partial charge in [0, 0.05) is 6.54 Å². The van der Waals surface area contributed by atoms with Gasteiger partial charge in [0.15, 0.2) is 11.6 Å². The molecule has 0 heterocycles. The molecule has 0 radical (unpaired) electrons. The molecular formula is C12H18FNO2. The van der Waals surface area contributed by atoms with Gasteiger partial charge >= 0.3 is 0 Å². The molecule has 90 valence electrons. The van der Waals surface area contributed by atoms with Crippen LogP contribution in [0, 0.1) is 5.82 Å². The smallest absolute Gasteiger partial charge is 0.165 e. The second-order valence-electron chi connectivity index (χ2n) is 3.42. The lowest BCUT2D eigenvalue weighted by molar-refractivity contribution is 0.293. The van der Waals surface area contributed by atoms with Gasteiger partial charge in [0.1, 0.15) is 0 Å². The van der Waals surface area contributed by atoms with Crippen molar-refractivity contribution >= 4 is 0 Å². The minimum Gasteiger partial charge on any atom is -0.491 e. The molecule has 4 heteroatoms. The number of aliphatic hydroxyl groups is 1. The third kappa shape index (κ3) is 4.16. The summed E-state index contributed by atoms with van der Waals surface area (Å²) < 4.78 is 18.5. The summed E-state index contributed by atoms with van der Waals surface area (Å²) in [5.74, 6) is -0.0175. The van der Waals surface area contributed by atoms with Gasteiger partial charge in [0.05, 0.1) is 13.2 Å². The molecule has 2 N–H and O–H groups in total. The molecule has 0 bridgehead atoms. The Hall–Kier alpha value is -1.13. The number of benzene rings is 1. The summed E-state index contributed by atoms with van der Waals surface area (Å²) in [6.07, 6.45) is 0.739. The first-order valence-corrected chi connectivity index (χ1v) is 5.50. The van der Waals surface area contributed by atoms with Gasteiger partial charge in [-0.3, -0.25) is 0 Å². The highest BCUT2D eigenvalue weighted by molar-refractivity contribution is 5.29. The molecule has 0 saturated carbocycles. The van der Waals surface area contributed by atoms with Crippen LogP contribution < -0.4 is 10.1 Å². The molecule has 3 nitrogen and oxygen atoms in total. The van der Waals surface area contributed by atoms with Gasteiger partial charge < -0.3 is 15.2 Å². The van der Waals surface area contributed by atoms with Crippen LogP contribution in [0.3, 0.4) is 0 Å². The highest BCUT2D eigenvalue weighted by Gasteiger charge is 2.03. The van der Waals surface area contributed by atoms with Crippen molar-refractivity contribution in [2.24, 2.45) is 0 Å². The Morgan fingerprint density at radius 2 is 2.19 bits per heavy atom. The van der Waals surface area contributed by atoms with Crippen LogP contribution >= 0.6 is 0 Å². The van der Waals surface area contributed by atoms with Gasteiger partial charge in [-0.1, -0.05) is 6.07 Å². The summed E-state index contributed by atoms with van der Waals surface area (Å²) in [5.41, 5.74) is 0.923. The van der Waals surface area contributed by atoms with E-state index in [0.29, 0.717) is 18.9 Å². The second-order valence-corrected chi connectivity index (χ2v) is 3.42. The third-order valence-electron chi connectivity index (χ3n) is 2.18. The second kappa shape index (κ2) is 7.19. The fraction of sp³-hybridized carbons (Fsp3) is 0.500. The lowest BCUT2D eigenvalue weighted by Gasteiger charge is -2.07. The van der Waals surface area contributed by atoms with E-state index < -0.39 is 0 Å². The number of rotatable bonds is 7. The average molecular weight is 227 g/mol. The largest absolute Gasteiger partial charge is 0.491 e. The topological polar surface area (TPSA) is 41.5 Å². The van der Waals surface area contributed by atoms with E-state index in [1.165, 1.54) is 6.07 Å². The summed E-state index contributed by atoms with van der Waals surface area (Å²) in [7, 11) is 0. The van der Waals surface area contributed by atoms with Crippen LogP contribution in [0.1, 0.15) is 12.5 Å². The lowest BCUT2D eigenvalue weighted by atomic mass is 10.1. The van der Waals surface area contributed by atoms with Crippen molar-refractivity contribution in [3.63, 3.8) is 0 Å². The Kier molecular flexibility index (Phi) is 5.82. The summed E-state index contributed by atoms with van der Waals surface area (Å²) in [4.78, 5) is 0. The number of halogens is 1. The molecule has 0 aliphatic rings. The standard InChI is InChI=1S/C12H18FNO2/c1-2-16-12-4-3-10(9-11(12)13)5-6-14-7-8-15/h3-4,9,14-15H,2,5-8H2,1H3. The van der Waals surface area contributed by atoms with Gasteiger partial charge in [0.2, 0.25) is 0 Å². The fourth-order valence-corrected chi connectivity index (χ4v) is 1.41. The number of ether oxygens (including phenoxy) is 1. The first kappa shape index (κ1) is 12.9. The van der Waals surface area contributed by atoms with E-state index in [1.807, 2.05) is 13.0 Å². The summed E-state index contributed by atoms with van der Waals surface area (Å²) in [6.45, 7) is 3.71. The molecule has 0 atom stereocenters. The average Bonchev–Trinajstić information content (AvgIpc) is 2.28. The van der Waals surface area contributed by atoms with Gasteiger partial charge in [-0.15, -0.1) is 0 Å². The van der Waals surface area contributed by atoms with Crippen molar-refractivity contribution in [2.75, 3.05) is 26.3 Å². The normalized spacial score (nSPS) is 10.4. The maximum Gasteiger partial charge on any atom is 0.165 e. The van der Waals surface area contributed by atoms with E-state index in [1.54, 1.807) is 6.07 Å². The Bertz CT molecular complexity index is 318. The van der Waals surface area contributed by atoms with Gasteiger partial charge in [0.25, 0.3) is 0 Å². The van der Waals surface area contributed by atoms with Crippen LogP contribution in [0.2, 0.25) is 0 Å². The molecule has 0 amide bonds. The molecule has 0 aromatic heterocycles. The monoisotopic (exact) mass is 227 g/mol. The minimum absolute atomic E-state index is 0.123. The first-order chi connectivity index (χ1) is 7.77. The van der Waals surface area contributed by atoms with Crippen LogP contribution in [0.4, 0.5) is 4.39 Å². The van der Waals surface area contributed by atoms with Crippen LogP contribution in [-0.2, 0) is 6.42 Å². The summed E-state index contributed by atoms with van der Waals surface area (Å²) in [5, 5.41) is 11.6. The molecule has 0 fully saturated rings. The minimum atomic E-state index is -0.318. The Morgan fingerprint density at radius 3 is 2.81 bits per heavy atom. The third-order valence-corrected chi connectivity index (χ3v) is 2.18. The van der Waals surface area contributed by atoms with Crippen molar-refractivity contribution in [1.82, 2.24) is 5.32 Å². The molecule has 1 aromatic rings. The van der Waals surface area contributed by atoms with Gasteiger partial charge in [-0.25, -0.2) is 4.39 Å². The molecule has 0 aliphatic carbocycles. The van der Waals surface area contributed by atoms with Crippen LogP contribution in [0.15, 0.2) is 18.2 Å². The lowest BCUT2D eigenvalue weighted by Crippen LogP contribution is -2.20. The number of nitrogens with one attached hydrogen (secondary N) is 1. The predicted octanol–water partition coefficient (Wildman–Crippen LogP) is 1.35. The number of hydrogen-bond donors (Lipinski definition) is 2. The molecule has 0 unspecified atom stereocenters. The maximum atomic E-state index is 13.4.